The van der Waals surface area contributed by atoms with Crippen LogP contribution in [0, 0.1) is 17.2 Å². The van der Waals surface area contributed by atoms with Crippen LogP contribution in [0.2, 0.25) is 5.15 Å². The fourth-order valence-electron chi connectivity index (χ4n) is 5.54. The van der Waals surface area contributed by atoms with E-state index in [4.69, 9.17) is 16.0 Å². The van der Waals surface area contributed by atoms with Gasteiger partial charge in [0.25, 0.3) is 5.91 Å². The number of furan rings is 1. The minimum Gasteiger partial charge on any atom is -0.437 e. The normalized spacial score (nSPS) is 20.3. The molecule has 3 saturated carbocycles. The number of nitrogens with zero attached hydrogens (tertiary/aromatic N) is 1. The Labute approximate surface area is 206 Å². The Morgan fingerprint density at radius 3 is 2.51 bits per heavy atom. The Balaban J connectivity index is 1.43. The first-order valence-electron chi connectivity index (χ1n) is 11.6. The van der Waals surface area contributed by atoms with Crippen LogP contribution < -0.4 is 5.32 Å². The Morgan fingerprint density at radius 2 is 1.86 bits per heavy atom. The number of carbonyl (C=O) groups excluding carboxylic acids is 2. The molecule has 35 heavy (non-hydrogen) atoms. The molecule has 3 aliphatic rings. The van der Waals surface area contributed by atoms with Gasteiger partial charge in [-0.05, 0) is 72.6 Å². The zero-order valence-corrected chi connectivity index (χ0v) is 19.8. The molecule has 7 rings (SSSR count). The average molecular weight is 489 g/mol. The zero-order valence-electron chi connectivity index (χ0n) is 19.0. The summed E-state index contributed by atoms with van der Waals surface area (Å²) in [6.45, 7) is 0. The van der Waals surface area contributed by atoms with Crippen molar-refractivity contribution in [2.75, 3.05) is 7.05 Å². The molecule has 2 bridgehead atoms. The average Bonchev–Trinajstić information content (AvgIpc) is 3.18. The van der Waals surface area contributed by atoms with Crippen molar-refractivity contribution in [3.8, 4) is 22.5 Å². The molecular formula is C28H22ClFN2O3. The molecule has 0 unspecified atom stereocenters. The van der Waals surface area contributed by atoms with Crippen LogP contribution >= 0.6 is 11.6 Å². The standard InChI is InChI=1S/C28H22ClFN2O3/c1-31-26(34)23-21-10-20(25(29)32-27(21)35-24(23)16-5-7-19(30)8-6-16)17-3-2-4-18(9-17)22(33)14-28-11-15(12-28)13-28/h2-10,15H,11-14H2,1H3,(H,31,34). The van der Waals surface area contributed by atoms with E-state index in [1.807, 2.05) is 24.3 Å². The molecule has 2 aromatic heterocycles. The topological polar surface area (TPSA) is 72.2 Å². The van der Waals surface area contributed by atoms with E-state index in [1.165, 1.54) is 38.4 Å². The Kier molecular flexibility index (Phi) is 5.04. The van der Waals surface area contributed by atoms with Crippen molar-refractivity contribution in [3.63, 3.8) is 0 Å². The highest BCUT2D eigenvalue weighted by Crippen LogP contribution is 2.66. The number of hydrogen-bond donors (Lipinski definition) is 1. The SMILES string of the molecule is CNC(=O)c1c(-c2ccc(F)cc2)oc2nc(Cl)c(-c3cccc(C(=O)CC45CC(C4)C5)c3)cc12. The summed E-state index contributed by atoms with van der Waals surface area (Å²) in [5.41, 5.74) is 3.24. The molecule has 7 heteroatoms. The number of aromatic nitrogens is 1. The van der Waals surface area contributed by atoms with Crippen molar-refractivity contribution in [1.82, 2.24) is 10.3 Å². The summed E-state index contributed by atoms with van der Waals surface area (Å²) in [4.78, 5) is 30.2. The van der Waals surface area contributed by atoms with Gasteiger partial charge in [-0.3, -0.25) is 9.59 Å². The molecule has 4 aromatic rings. The van der Waals surface area contributed by atoms with Gasteiger partial charge in [0.15, 0.2) is 5.78 Å². The van der Waals surface area contributed by atoms with Crippen LogP contribution in [-0.2, 0) is 0 Å². The van der Waals surface area contributed by atoms with Gasteiger partial charge in [0, 0.05) is 30.2 Å². The van der Waals surface area contributed by atoms with Gasteiger partial charge >= 0.3 is 0 Å². The van der Waals surface area contributed by atoms with Crippen LogP contribution in [0.1, 0.15) is 46.4 Å². The Morgan fingerprint density at radius 1 is 1.11 bits per heavy atom. The van der Waals surface area contributed by atoms with Crippen LogP contribution in [0.15, 0.2) is 59.0 Å². The summed E-state index contributed by atoms with van der Waals surface area (Å²) in [5, 5.41) is 3.32. The van der Waals surface area contributed by atoms with Crippen molar-refractivity contribution in [3.05, 3.63) is 76.7 Å². The molecule has 2 heterocycles. The first kappa shape index (κ1) is 22.0. The lowest BCUT2D eigenvalue weighted by atomic mass is 9.43. The molecule has 0 saturated heterocycles. The first-order chi connectivity index (χ1) is 16.9. The van der Waals surface area contributed by atoms with Crippen molar-refractivity contribution >= 4 is 34.4 Å². The van der Waals surface area contributed by atoms with E-state index in [0.29, 0.717) is 28.5 Å². The van der Waals surface area contributed by atoms with Gasteiger partial charge in [0.2, 0.25) is 5.71 Å². The monoisotopic (exact) mass is 488 g/mol. The molecule has 3 fully saturated rings. The molecule has 1 N–H and O–H groups in total. The van der Waals surface area contributed by atoms with E-state index < -0.39 is 5.82 Å². The minimum atomic E-state index is -0.390. The third-order valence-electron chi connectivity index (χ3n) is 7.39. The van der Waals surface area contributed by atoms with E-state index in [1.54, 1.807) is 18.2 Å². The van der Waals surface area contributed by atoms with Crippen LogP contribution in [0.4, 0.5) is 4.39 Å². The van der Waals surface area contributed by atoms with Crippen molar-refractivity contribution in [1.29, 1.82) is 0 Å². The number of nitrogens with one attached hydrogen (secondary N) is 1. The van der Waals surface area contributed by atoms with Crippen LogP contribution in [0.5, 0.6) is 0 Å². The highest BCUT2D eigenvalue weighted by Gasteiger charge is 2.56. The largest absolute Gasteiger partial charge is 0.437 e. The van der Waals surface area contributed by atoms with E-state index >= 15 is 0 Å². The molecule has 1 amide bonds. The summed E-state index contributed by atoms with van der Waals surface area (Å²) < 4.78 is 19.4. The number of fused-ring (bicyclic) bond motifs is 1. The van der Waals surface area contributed by atoms with Gasteiger partial charge in [0.05, 0.1) is 10.9 Å². The highest BCUT2D eigenvalue weighted by atomic mass is 35.5. The summed E-state index contributed by atoms with van der Waals surface area (Å²) >= 11 is 6.55. The first-order valence-corrected chi connectivity index (χ1v) is 12.0. The minimum absolute atomic E-state index is 0.142. The molecule has 5 nitrogen and oxygen atoms in total. The number of rotatable bonds is 6. The van der Waals surface area contributed by atoms with Gasteiger partial charge in [-0.25, -0.2) is 9.37 Å². The van der Waals surface area contributed by atoms with Crippen molar-refractivity contribution in [2.24, 2.45) is 11.3 Å². The van der Waals surface area contributed by atoms with Crippen molar-refractivity contribution in [2.45, 2.75) is 25.7 Å². The van der Waals surface area contributed by atoms with Crippen LogP contribution in [-0.4, -0.2) is 23.7 Å². The van der Waals surface area contributed by atoms with E-state index in [-0.39, 0.29) is 39.3 Å². The van der Waals surface area contributed by atoms with Crippen molar-refractivity contribution < 1.29 is 18.4 Å². The Hall–Kier alpha value is -3.51. The predicted molar refractivity (Wildman–Crippen MR) is 132 cm³/mol. The number of hydrogen-bond acceptors (Lipinski definition) is 4. The number of benzene rings is 2. The second kappa shape index (κ2) is 8.02. The highest BCUT2D eigenvalue weighted by molar-refractivity contribution is 6.32. The Bertz CT molecular complexity index is 1490. The summed E-state index contributed by atoms with van der Waals surface area (Å²) in [6, 6.07) is 14.8. The maximum absolute atomic E-state index is 13.5. The quantitative estimate of drug-likeness (QED) is 0.242. The number of pyridine rings is 1. The molecule has 2 aromatic carbocycles. The van der Waals surface area contributed by atoms with E-state index in [2.05, 4.69) is 10.3 Å². The number of halogens is 2. The summed E-state index contributed by atoms with van der Waals surface area (Å²) in [5.74, 6) is 0.500. The molecule has 0 aliphatic heterocycles. The summed E-state index contributed by atoms with van der Waals surface area (Å²) in [6.07, 6.45) is 4.10. The zero-order chi connectivity index (χ0) is 24.3. The lowest BCUT2D eigenvalue weighted by Gasteiger charge is -2.62. The fraction of sp³-hybridized carbons (Fsp3) is 0.250. The van der Waals surface area contributed by atoms with Gasteiger partial charge in [-0.1, -0.05) is 29.8 Å². The number of ketones is 1. The van der Waals surface area contributed by atoms with Gasteiger partial charge < -0.3 is 9.73 Å². The molecule has 0 atom stereocenters. The van der Waals surface area contributed by atoms with Gasteiger partial charge in [0.1, 0.15) is 16.7 Å². The summed E-state index contributed by atoms with van der Waals surface area (Å²) in [7, 11) is 1.53. The maximum atomic E-state index is 13.5. The third-order valence-corrected chi connectivity index (χ3v) is 7.68. The number of Topliss-reactive ketones (excluding diaryl/α,β-unsaturated/α-hetero) is 1. The maximum Gasteiger partial charge on any atom is 0.255 e. The molecule has 0 radical (unpaired) electrons. The smallest absolute Gasteiger partial charge is 0.255 e. The van der Waals surface area contributed by atoms with Crippen LogP contribution in [0.3, 0.4) is 0 Å². The van der Waals surface area contributed by atoms with E-state index in [9.17, 15) is 14.0 Å². The van der Waals surface area contributed by atoms with Gasteiger partial charge in [-0.2, -0.15) is 0 Å². The molecular weight excluding hydrogens is 467 g/mol. The van der Waals surface area contributed by atoms with Crippen LogP contribution in [0.25, 0.3) is 33.6 Å². The lowest BCUT2D eigenvalue weighted by molar-refractivity contribution is -0.103. The molecule has 3 aliphatic carbocycles. The van der Waals surface area contributed by atoms with E-state index in [0.717, 1.165) is 11.5 Å². The molecule has 0 spiro atoms. The second-order valence-electron chi connectivity index (χ2n) is 9.73. The second-order valence-corrected chi connectivity index (χ2v) is 10.1. The third kappa shape index (κ3) is 3.64. The lowest BCUT2D eigenvalue weighted by Crippen LogP contribution is -2.52. The van der Waals surface area contributed by atoms with Gasteiger partial charge in [-0.15, -0.1) is 0 Å². The number of carbonyl (C=O) groups is 2. The molecule has 176 valence electrons. The number of amides is 1. The fourth-order valence-corrected chi connectivity index (χ4v) is 5.78. The predicted octanol–water partition coefficient (Wildman–Crippen LogP) is 6.69.